The second kappa shape index (κ2) is 15.8. The van der Waals surface area contributed by atoms with Gasteiger partial charge in [-0.15, -0.1) is 0 Å². The number of unbranched alkanes of at least 4 members (excludes halogenated alkanes) is 10. The van der Waals surface area contributed by atoms with Crippen molar-refractivity contribution < 1.29 is 9.90 Å². The molecule has 21 heavy (non-hydrogen) atoms. The lowest BCUT2D eigenvalue weighted by Crippen LogP contribution is -2.34. The van der Waals surface area contributed by atoms with Gasteiger partial charge in [0.25, 0.3) is 5.91 Å². The quantitative estimate of drug-likeness (QED) is 0.394. The molecule has 0 aliphatic heterocycles. The van der Waals surface area contributed by atoms with Gasteiger partial charge in [0.1, 0.15) is 0 Å². The van der Waals surface area contributed by atoms with Crippen LogP contribution < -0.4 is 0 Å². The van der Waals surface area contributed by atoms with Crippen LogP contribution in [0.3, 0.4) is 0 Å². The Hall–Kier alpha value is -0.570. The molecule has 0 aliphatic rings. The van der Waals surface area contributed by atoms with Crippen LogP contribution in [0.25, 0.3) is 0 Å². The summed E-state index contributed by atoms with van der Waals surface area (Å²) in [4.78, 5) is 13.4. The van der Waals surface area contributed by atoms with Crippen LogP contribution in [0.1, 0.15) is 90.9 Å². The highest BCUT2D eigenvalue weighted by molar-refractivity contribution is 5.77. The Morgan fingerprint density at radius 1 is 0.667 bits per heavy atom. The molecule has 3 heteroatoms. The highest BCUT2D eigenvalue weighted by Crippen LogP contribution is 2.09. The largest absolute Gasteiger partial charge is 0.341 e. The van der Waals surface area contributed by atoms with Gasteiger partial charge in [0, 0.05) is 13.1 Å². The fourth-order valence-corrected chi connectivity index (χ4v) is 2.62. The van der Waals surface area contributed by atoms with Crippen LogP contribution in [0.5, 0.6) is 0 Å². The Kier molecular flexibility index (Phi) is 15.4. The molecule has 0 aromatic rings. The Morgan fingerprint density at radius 3 is 1.48 bits per heavy atom. The number of hydrogen-bond donors (Lipinski definition) is 0. The average Bonchev–Trinajstić information content (AvgIpc) is 2.51. The van der Waals surface area contributed by atoms with Gasteiger partial charge in [-0.05, 0) is 12.8 Å². The topological polar surface area (TPSA) is 40.2 Å². The molecule has 1 radical (unpaired) electrons. The summed E-state index contributed by atoms with van der Waals surface area (Å²) in [6.07, 6.45) is 14.8. The average molecular weight is 298 g/mol. The van der Waals surface area contributed by atoms with Crippen LogP contribution in [0.15, 0.2) is 0 Å². The minimum absolute atomic E-state index is 0.213. The van der Waals surface area contributed by atoms with E-state index in [9.17, 15) is 9.90 Å². The van der Waals surface area contributed by atoms with E-state index >= 15 is 0 Å². The van der Waals surface area contributed by atoms with Crippen LogP contribution in [-0.2, 0) is 9.90 Å². The molecule has 0 aromatic carbocycles. The zero-order chi connectivity index (χ0) is 15.8. The molecule has 0 atom stereocenters. The molecular weight excluding hydrogens is 262 g/mol. The molecule has 0 fully saturated rings. The summed E-state index contributed by atoms with van der Waals surface area (Å²) in [7, 11) is 0. The van der Waals surface area contributed by atoms with E-state index in [0.29, 0.717) is 0 Å². The SMILES string of the molecule is CCCCCCCCCCN(CCCCCC)C(=O)C[O]. The normalized spacial score (nSPS) is 10.8. The van der Waals surface area contributed by atoms with E-state index in [1.807, 2.05) is 0 Å². The van der Waals surface area contributed by atoms with Crippen LogP contribution in [0, 0.1) is 0 Å². The maximum atomic E-state index is 11.6. The van der Waals surface area contributed by atoms with E-state index in [4.69, 9.17) is 0 Å². The standard InChI is InChI=1S/C18H36NO2/c1-3-5-7-9-10-11-12-14-16-19(18(21)17-20)15-13-8-6-4-2/h3-17H2,1-2H3. The molecule has 0 unspecified atom stereocenters. The molecule has 125 valence electrons. The summed E-state index contributed by atoms with van der Waals surface area (Å²) >= 11 is 0. The fourth-order valence-electron chi connectivity index (χ4n) is 2.62. The second-order valence-corrected chi connectivity index (χ2v) is 6.06. The molecule has 0 saturated heterocycles. The molecule has 0 aromatic heterocycles. The molecule has 3 nitrogen and oxygen atoms in total. The summed E-state index contributed by atoms with van der Waals surface area (Å²) in [5.74, 6) is -0.213. The molecule has 0 N–H and O–H groups in total. The first-order valence-corrected chi connectivity index (χ1v) is 9.12. The number of nitrogens with zero attached hydrogens (tertiary/aromatic N) is 1. The lowest BCUT2D eigenvalue weighted by atomic mass is 10.1. The molecule has 1 amide bonds. The van der Waals surface area contributed by atoms with Crippen molar-refractivity contribution in [3.8, 4) is 0 Å². The first kappa shape index (κ1) is 20.4. The Balaban J connectivity index is 3.64. The molecule has 0 aliphatic carbocycles. The van der Waals surface area contributed by atoms with Gasteiger partial charge in [0.15, 0.2) is 6.61 Å². The Morgan fingerprint density at radius 2 is 1.05 bits per heavy atom. The molecular formula is C18H36NO2. The van der Waals surface area contributed by atoms with Crippen LogP contribution >= 0.6 is 0 Å². The third kappa shape index (κ3) is 12.9. The van der Waals surface area contributed by atoms with Crippen LogP contribution in [-0.4, -0.2) is 30.5 Å². The van der Waals surface area contributed by atoms with Gasteiger partial charge in [-0.25, -0.2) is 5.11 Å². The first-order chi connectivity index (χ1) is 10.3. The minimum Gasteiger partial charge on any atom is -0.341 e. The summed E-state index contributed by atoms with van der Waals surface area (Å²) in [6, 6.07) is 0. The third-order valence-corrected chi connectivity index (χ3v) is 4.04. The summed E-state index contributed by atoms with van der Waals surface area (Å²) < 4.78 is 0. The van der Waals surface area contributed by atoms with Crippen molar-refractivity contribution >= 4 is 5.91 Å². The van der Waals surface area contributed by atoms with Gasteiger partial charge >= 0.3 is 0 Å². The van der Waals surface area contributed by atoms with Crippen LogP contribution in [0.2, 0.25) is 0 Å². The molecule has 0 spiro atoms. The van der Waals surface area contributed by atoms with Crippen molar-refractivity contribution in [3.63, 3.8) is 0 Å². The summed E-state index contributed by atoms with van der Waals surface area (Å²) in [5.41, 5.74) is 0. The first-order valence-electron chi connectivity index (χ1n) is 9.12. The summed E-state index contributed by atoms with van der Waals surface area (Å²) in [6.45, 7) is 5.38. The maximum absolute atomic E-state index is 11.6. The van der Waals surface area contributed by atoms with E-state index in [1.54, 1.807) is 4.90 Å². The number of amides is 1. The Labute approximate surface area is 132 Å². The Bertz CT molecular complexity index is 231. The van der Waals surface area contributed by atoms with E-state index in [2.05, 4.69) is 13.8 Å². The number of carbonyl (C=O) groups is 1. The van der Waals surface area contributed by atoms with Crippen molar-refractivity contribution in [1.82, 2.24) is 4.90 Å². The zero-order valence-corrected chi connectivity index (χ0v) is 14.4. The van der Waals surface area contributed by atoms with Crippen molar-refractivity contribution in [2.24, 2.45) is 0 Å². The highest BCUT2D eigenvalue weighted by atomic mass is 16.3. The van der Waals surface area contributed by atoms with Gasteiger partial charge in [-0.1, -0.05) is 78.1 Å². The molecule has 0 rings (SSSR count). The predicted molar refractivity (Wildman–Crippen MR) is 88.9 cm³/mol. The summed E-state index contributed by atoms with van der Waals surface area (Å²) in [5, 5.41) is 10.8. The van der Waals surface area contributed by atoms with E-state index < -0.39 is 6.61 Å². The smallest absolute Gasteiger partial charge is 0.251 e. The highest BCUT2D eigenvalue weighted by Gasteiger charge is 2.11. The third-order valence-electron chi connectivity index (χ3n) is 4.04. The lowest BCUT2D eigenvalue weighted by Gasteiger charge is -2.21. The lowest BCUT2D eigenvalue weighted by molar-refractivity contribution is -0.136. The monoisotopic (exact) mass is 298 g/mol. The van der Waals surface area contributed by atoms with Gasteiger partial charge in [-0.2, -0.15) is 0 Å². The predicted octanol–water partition coefficient (Wildman–Crippen LogP) is 4.97. The van der Waals surface area contributed by atoms with E-state index in [1.165, 1.54) is 57.8 Å². The molecule has 0 saturated carbocycles. The minimum atomic E-state index is -0.592. The number of hydrogen-bond acceptors (Lipinski definition) is 1. The maximum Gasteiger partial charge on any atom is 0.251 e. The van der Waals surface area contributed by atoms with Gasteiger partial charge in [0.2, 0.25) is 0 Å². The van der Waals surface area contributed by atoms with E-state index in [0.717, 1.165) is 32.4 Å². The second-order valence-electron chi connectivity index (χ2n) is 6.06. The van der Waals surface area contributed by atoms with Gasteiger partial charge in [0.05, 0.1) is 0 Å². The number of carbonyl (C=O) groups excluding carboxylic acids is 1. The number of rotatable bonds is 15. The van der Waals surface area contributed by atoms with Crippen molar-refractivity contribution in [3.05, 3.63) is 0 Å². The van der Waals surface area contributed by atoms with E-state index in [-0.39, 0.29) is 5.91 Å². The van der Waals surface area contributed by atoms with Gasteiger partial charge in [-0.3, -0.25) is 4.79 Å². The fraction of sp³-hybridized carbons (Fsp3) is 0.944. The molecule has 0 heterocycles. The van der Waals surface area contributed by atoms with Crippen LogP contribution in [0.4, 0.5) is 0 Å². The van der Waals surface area contributed by atoms with Crippen molar-refractivity contribution in [2.45, 2.75) is 90.9 Å². The molecule has 0 bridgehead atoms. The van der Waals surface area contributed by atoms with Gasteiger partial charge < -0.3 is 4.90 Å². The van der Waals surface area contributed by atoms with Crippen molar-refractivity contribution in [2.75, 3.05) is 19.7 Å². The van der Waals surface area contributed by atoms with Crippen molar-refractivity contribution in [1.29, 1.82) is 0 Å². The zero-order valence-electron chi connectivity index (χ0n) is 14.4.